The van der Waals surface area contributed by atoms with Crippen LogP contribution in [0.5, 0.6) is 0 Å². The lowest BCUT2D eigenvalue weighted by Crippen LogP contribution is -1.91. The molecule has 0 saturated carbocycles. The SMILES string of the molecule is CC(C)CCCc1ccccc1Cl. The minimum absolute atomic E-state index is 0.794. The van der Waals surface area contributed by atoms with E-state index in [1.807, 2.05) is 12.1 Å². The average molecular weight is 197 g/mol. The summed E-state index contributed by atoms with van der Waals surface area (Å²) in [5, 5.41) is 0.909. The molecule has 0 atom stereocenters. The highest BCUT2D eigenvalue weighted by molar-refractivity contribution is 6.31. The third-order valence-corrected chi connectivity index (χ3v) is 2.55. The lowest BCUT2D eigenvalue weighted by molar-refractivity contribution is 0.556. The Hall–Kier alpha value is -0.490. The molecule has 0 radical (unpaired) electrons. The average Bonchev–Trinajstić information content (AvgIpc) is 2.08. The molecule has 72 valence electrons. The molecule has 0 nitrogen and oxygen atoms in total. The van der Waals surface area contributed by atoms with Gasteiger partial charge in [-0.15, -0.1) is 0 Å². The van der Waals surface area contributed by atoms with Crippen molar-refractivity contribution in [1.82, 2.24) is 0 Å². The molecule has 1 aromatic carbocycles. The van der Waals surface area contributed by atoms with Crippen LogP contribution in [0.4, 0.5) is 0 Å². The first-order valence-corrected chi connectivity index (χ1v) is 5.31. The Balaban J connectivity index is 2.41. The molecule has 0 spiro atoms. The molecule has 0 unspecified atom stereocenters. The van der Waals surface area contributed by atoms with Gasteiger partial charge in [0.1, 0.15) is 0 Å². The van der Waals surface area contributed by atoms with E-state index in [1.54, 1.807) is 0 Å². The number of halogens is 1. The van der Waals surface area contributed by atoms with Crippen LogP contribution in [0.25, 0.3) is 0 Å². The van der Waals surface area contributed by atoms with E-state index in [4.69, 9.17) is 11.6 Å². The number of aryl methyl sites for hydroxylation is 1. The Morgan fingerprint density at radius 2 is 1.92 bits per heavy atom. The first-order chi connectivity index (χ1) is 6.20. The van der Waals surface area contributed by atoms with E-state index in [2.05, 4.69) is 26.0 Å². The number of rotatable bonds is 4. The molecule has 0 fully saturated rings. The third kappa shape index (κ3) is 3.82. The van der Waals surface area contributed by atoms with Crippen LogP contribution in [0.2, 0.25) is 5.02 Å². The molecule has 0 N–H and O–H groups in total. The number of benzene rings is 1. The maximum Gasteiger partial charge on any atom is 0.0437 e. The summed E-state index contributed by atoms with van der Waals surface area (Å²) in [5.41, 5.74) is 1.28. The Bertz CT molecular complexity index is 253. The second-order valence-electron chi connectivity index (χ2n) is 3.88. The molecule has 0 bridgehead atoms. The third-order valence-electron chi connectivity index (χ3n) is 2.19. The zero-order valence-corrected chi connectivity index (χ0v) is 9.14. The predicted octanol–water partition coefficient (Wildman–Crippen LogP) is 4.32. The van der Waals surface area contributed by atoms with Crippen LogP contribution in [0.15, 0.2) is 24.3 Å². The number of hydrogen-bond donors (Lipinski definition) is 0. The Morgan fingerprint density at radius 1 is 1.23 bits per heavy atom. The zero-order valence-electron chi connectivity index (χ0n) is 8.39. The number of hydrogen-bond acceptors (Lipinski definition) is 0. The van der Waals surface area contributed by atoms with Crippen LogP contribution in [0.3, 0.4) is 0 Å². The van der Waals surface area contributed by atoms with Crippen molar-refractivity contribution >= 4 is 11.6 Å². The van der Waals surface area contributed by atoms with E-state index >= 15 is 0 Å². The minimum Gasteiger partial charge on any atom is -0.0840 e. The van der Waals surface area contributed by atoms with Gasteiger partial charge in [0, 0.05) is 5.02 Å². The molecular formula is C12H17Cl. The summed E-state index contributed by atoms with van der Waals surface area (Å²) in [5.74, 6) is 0.794. The van der Waals surface area contributed by atoms with Gasteiger partial charge in [-0.25, -0.2) is 0 Å². The molecule has 1 heteroatoms. The molecule has 0 amide bonds. The van der Waals surface area contributed by atoms with Gasteiger partial charge >= 0.3 is 0 Å². The smallest absolute Gasteiger partial charge is 0.0437 e. The molecule has 0 aliphatic heterocycles. The van der Waals surface area contributed by atoms with Gasteiger partial charge in [-0.05, 0) is 30.4 Å². The molecular weight excluding hydrogens is 180 g/mol. The van der Waals surface area contributed by atoms with Crippen LogP contribution < -0.4 is 0 Å². The Labute approximate surface area is 85.9 Å². The highest BCUT2D eigenvalue weighted by atomic mass is 35.5. The molecule has 1 aromatic rings. The van der Waals surface area contributed by atoms with Gasteiger partial charge < -0.3 is 0 Å². The van der Waals surface area contributed by atoms with Gasteiger partial charge in [0.2, 0.25) is 0 Å². The summed E-state index contributed by atoms with van der Waals surface area (Å²) in [4.78, 5) is 0. The van der Waals surface area contributed by atoms with E-state index in [-0.39, 0.29) is 0 Å². The molecule has 13 heavy (non-hydrogen) atoms. The summed E-state index contributed by atoms with van der Waals surface area (Å²) in [6.07, 6.45) is 3.63. The first kappa shape index (κ1) is 10.6. The van der Waals surface area contributed by atoms with Crippen molar-refractivity contribution in [3.63, 3.8) is 0 Å². The summed E-state index contributed by atoms with van der Waals surface area (Å²) in [6, 6.07) is 8.11. The molecule has 0 saturated heterocycles. The fourth-order valence-corrected chi connectivity index (χ4v) is 1.63. The quantitative estimate of drug-likeness (QED) is 0.673. The molecule has 1 rings (SSSR count). The van der Waals surface area contributed by atoms with Gasteiger partial charge in [0.25, 0.3) is 0 Å². The van der Waals surface area contributed by atoms with Crippen molar-refractivity contribution in [2.24, 2.45) is 5.92 Å². The fraction of sp³-hybridized carbons (Fsp3) is 0.500. The van der Waals surface area contributed by atoms with Crippen LogP contribution in [0, 0.1) is 5.92 Å². The normalized spacial score (nSPS) is 10.8. The monoisotopic (exact) mass is 196 g/mol. The summed E-state index contributed by atoms with van der Waals surface area (Å²) >= 11 is 6.04. The topological polar surface area (TPSA) is 0 Å². The van der Waals surface area contributed by atoms with E-state index in [9.17, 15) is 0 Å². The standard InChI is InChI=1S/C12H17Cl/c1-10(2)6-5-8-11-7-3-4-9-12(11)13/h3-4,7,9-10H,5-6,8H2,1-2H3. The molecule has 0 heterocycles. The predicted molar refractivity (Wildman–Crippen MR) is 59.2 cm³/mol. The summed E-state index contributed by atoms with van der Waals surface area (Å²) in [6.45, 7) is 4.51. The van der Waals surface area contributed by atoms with E-state index in [0.717, 1.165) is 17.4 Å². The second kappa shape index (κ2) is 5.29. The van der Waals surface area contributed by atoms with Gasteiger partial charge in [-0.1, -0.05) is 50.1 Å². The highest BCUT2D eigenvalue weighted by Gasteiger charge is 1.99. The van der Waals surface area contributed by atoms with Crippen molar-refractivity contribution in [3.05, 3.63) is 34.9 Å². The summed E-state index contributed by atoms with van der Waals surface area (Å²) < 4.78 is 0. The van der Waals surface area contributed by atoms with Crippen molar-refractivity contribution in [2.45, 2.75) is 33.1 Å². The van der Waals surface area contributed by atoms with Crippen LogP contribution in [-0.2, 0) is 6.42 Å². The van der Waals surface area contributed by atoms with Gasteiger partial charge in [-0.2, -0.15) is 0 Å². The maximum atomic E-state index is 6.04. The molecule has 0 aliphatic carbocycles. The molecule has 0 aliphatic rings. The highest BCUT2D eigenvalue weighted by Crippen LogP contribution is 2.18. The minimum atomic E-state index is 0.794. The largest absolute Gasteiger partial charge is 0.0840 e. The summed E-state index contributed by atoms with van der Waals surface area (Å²) in [7, 11) is 0. The lowest BCUT2D eigenvalue weighted by atomic mass is 10.0. The van der Waals surface area contributed by atoms with E-state index in [0.29, 0.717) is 0 Å². The van der Waals surface area contributed by atoms with Crippen molar-refractivity contribution in [1.29, 1.82) is 0 Å². The Morgan fingerprint density at radius 3 is 2.54 bits per heavy atom. The maximum absolute atomic E-state index is 6.04. The van der Waals surface area contributed by atoms with Crippen LogP contribution in [0.1, 0.15) is 32.3 Å². The van der Waals surface area contributed by atoms with Crippen LogP contribution >= 0.6 is 11.6 Å². The van der Waals surface area contributed by atoms with Gasteiger partial charge in [0.15, 0.2) is 0 Å². The van der Waals surface area contributed by atoms with Gasteiger partial charge in [-0.3, -0.25) is 0 Å². The fourth-order valence-electron chi connectivity index (χ4n) is 1.40. The first-order valence-electron chi connectivity index (χ1n) is 4.93. The Kier molecular flexibility index (Phi) is 4.31. The van der Waals surface area contributed by atoms with Gasteiger partial charge in [0.05, 0.1) is 0 Å². The van der Waals surface area contributed by atoms with Crippen molar-refractivity contribution in [2.75, 3.05) is 0 Å². The zero-order chi connectivity index (χ0) is 9.68. The lowest BCUT2D eigenvalue weighted by Gasteiger charge is -2.05. The van der Waals surface area contributed by atoms with E-state index < -0.39 is 0 Å². The van der Waals surface area contributed by atoms with Crippen molar-refractivity contribution in [3.8, 4) is 0 Å². The van der Waals surface area contributed by atoms with Crippen LogP contribution in [-0.4, -0.2) is 0 Å². The molecule has 0 aromatic heterocycles. The van der Waals surface area contributed by atoms with Crippen molar-refractivity contribution < 1.29 is 0 Å². The second-order valence-corrected chi connectivity index (χ2v) is 4.28. The van der Waals surface area contributed by atoms with E-state index in [1.165, 1.54) is 18.4 Å².